The lowest BCUT2D eigenvalue weighted by Crippen LogP contribution is -2.30. The number of unbranched alkanes of at least 4 members (excludes halogenated alkanes) is 39. The van der Waals surface area contributed by atoms with Crippen molar-refractivity contribution >= 4 is 11.9 Å². The van der Waals surface area contributed by atoms with Crippen molar-refractivity contribution in [2.24, 2.45) is 0 Å². The van der Waals surface area contributed by atoms with Gasteiger partial charge in [-0.1, -0.05) is 288 Å². The first-order valence-electron chi connectivity index (χ1n) is 31.2. The molecule has 0 amide bonds. The van der Waals surface area contributed by atoms with E-state index in [0.29, 0.717) is 19.4 Å². The predicted molar refractivity (Wildman–Crippen MR) is 307 cm³/mol. The van der Waals surface area contributed by atoms with Crippen molar-refractivity contribution in [3.8, 4) is 0 Å². The molecule has 0 fully saturated rings. The van der Waals surface area contributed by atoms with Gasteiger partial charge >= 0.3 is 11.9 Å². The largest absolute Gasteiger partial charge is 0.462 e. The maximum absolute atomic E-state index is 12.9. The monoisotopic (exact) mass is 981 g/mol. The van der Waals surface area contributed by atoms with Crippen LogP contribution in [0.2, 0.25) is 0 Å². The van der Waals surface area contributed by atoms with Crippen LogP contribution in [-0.2, 0) is 23.8 Å². The summed E-state index contributed by atoms with van der Waals surface area (Å²) < 4.78 is 17.5. The number of allylic oxidation sites excluding steroid dienone is 8. The Morgan fingerprint density at radius 1 is 0.329 bits per heavy atom. The Labute approximate surface area is 437 Å². The number of ether oxygens (including phenoxy) is 3. The Morgan fingerprint density at radius 3 is 1.04 bits per heavy atom. The number of rotatable bonds is 58. The fourth-order valence-electron chi connectivity index (χ4n) is 9.23. The third-order valence-electron chi connectivity index (χ3n) is 13.8. The normalized spacial score (nSPS) is 12.4. The van der Waals surface area contributed by atoms with Crippen molar-refractivity contribution in [1.82, 2.24) is 0 Å². The second-order valence-corrected chi connectivity index (χ2v) is 20.9. The molecule has 0 rings (SSSR count). The summed E-state index contributed by atoms with van der Waals surface area (Å²) in [7, 11) is 0. The van der Waals surface area contributed by atoms with Gasteiger partial charge in [-0.15, -0.1) is 0 Å². The maximum atomic E-state index is 12.9. The van der Waals surface area contributed by atoms with Gasteiger partial charge in [-0.25, -0.2) is 0 Å². The van der Waals surface area contributed by atoms with Gasteiger partial charge in [0.2, 0.25) is 0 Å². The molecule has 0 radical (unpaired) electrons. The highest BCUT2D eigenvalue weighted by molar-refractivity contribution is 5.70. The zero-order valence-corrected chi connectivity index (χ0v) is 47.3. The molecule has 0 spiro atoms. The molecule has 5 nitrogen and oxygen atoms in total. The molecule has 0 aromatic carbocycles. The van der Waals surface area contributed by atoms with Crippen molar-refractivity contribution in [1.29, 1.82) is 0 Å². The van der Waals surface area contributed by atoms with E-state index in [9.17, 15) is 9.59 Å². The van der Waals surface area contributed by atoms with Crippen molar-refractivity contribution < 1.29 is 23.8 Å². The number of esters is 2. The van der Waals surface area contributed by atoms with Crippen LogP contribution in [0.4, 0.5) is 0 Å². The van der Waals surface area contributed by atoms with Crippen molar-refractivity contribution in [2.45, 2.75) is 335 Å². The molecule has 0 heterocycles. The number of hydrogen-bond donors (Lipinski definition) is 0. The topological polar surface area (TPSA) is 61.8 Å². The second kappa shape index (κ2) is 61.2. The van der Waals surface area contributed by atoms with E-state index in [0.717, 1.165) is 70.6 Å². The van der Waals surface area contributed by atoms with E-state index in [2.05, 4.69) is 69.4 Å². The highest BCUT2D eigenvalue weighted by atomic mass is 16.6. The van der Waals surface area contributed by atoms with E-state index in [4.69, 9.17) is 14.2 Å². The zero-order chi connectivity index (χ0) is 50.6. The third kappa shape index (κ3) is 58.4. The molecule has 0 aromatic rings. The van der Waals surface area contributed by atoms with Crippen LogP contribution >= 0.6 is 0 Å². The van der Waals surface area contributed by atoms with E-state index in [-0.39, 0.29) is 25.2 Å². The average Bonchev–Trinajstić information content (AvgIpc) is 3.36. The summed E-state index contributed by atoms with van der Waals surface area (Å²) in [6.45, 7) is 7.77. The van der Waals surface area contributed by atoms with Crippen molar-refractivity contribution in [3.05, 3.63) is 48.6 Å². The summed E-state index contributed by atoms with van der Waals surface area (Å²) in [6.07, 6.45) is 77.2. The summed E-state index contributed by atoms with van der Waals surface area (Å²) in [4.78, 5) is 25.6. The molecule has 1 unspecified atom stereocenters. The first-order chi connectivity index (χ1) is 34.6. The minimum atomic E-state index is -0.539. The molecular formula is C65H120O5. The van der Waals surface area contributed by atoms with Gasteiger partial charge < -0.3 is 14.2 Å². The summed E-state index contributed by atoms with van der Waals surface area (Å²) in [5.74, 6) is -0.389. The van der Waals surface area contributed by atoms with Crippen LogP contribution in [0.25, 0.3) is 0 Å². The van der Waals surface area contributed by atoms with E-state index < -0.39 is 6.10 Å². The fourth-order valence-corrected chi connectivity index (χ4v) is 9.23. The van der Waals surface area contributed by atoms with E-state index in [1.807, 2.05) is 0 Å². The first kappa shape index (κ1) is 67.9. The molecule has 410 valence electrons. The third-order valence-corrected chi connectivity index (χ3v) is 13.8. The Bertz CT molecular complexity index is 1150. The highest BCUT2D eigenvalue weighted by Crippen LogP contribution is 2.17. The van der Waals surface area contributed by atoms with Crippen LogP contribution in [0.15, 0.2) is 48.6 Å². The summed E-state index contributed by atoms with van der Waals surface area (Å²) >= 11 is 0. The molecule has 0 saturated carbocycles. The van der Waals surface area contributed by atoms with Gasteiger partial charge in [0.05, 0.1) is 6.61 Å². The van der Waals surface area contributed by atoms with Crippen molar-refractivity contribution in [2.75, 3.05) is 19.8 Å². The Morgan fingerprint density at radius 2 is 0.643 bits per heavy atom. The fraction of sp³-hybridized carbons (Fsp3) is 0.846. The molecule has 70 heavy (non-hydrogen) atoms. The molecule has 0 N–H and O–H groups in total. The minimum Gasteiger partial charge on any atom is -0.462 e. The van der Waals surface area contributed by atoms with Crippen LogP contribution in [0, 0.1) is 0 Å². The maximum Gasteiger partial charge on any atom is 0.306 e. The van der Waals surface area contributed by atoms with Crippen molar-refractivity contribution in [3.63, 3.8) is 0 Å². The second-order valence-electron chi connectivity index (χ2n) is 20.9. The van der Waals surface area contributed by atoms with Gasteiger partial charge in [-0.05, 0) is 77.0 Å². The van der Waals surface area contributed by atoms with Gasteiger partial charge in [-0.3, -0.25) is 9.59 Å². The molecule has 0 saturated heterocycles. The lowest BCUT2D eigenvalue weighted by atomic mass is 10.0. The van der Waals surface area contributed by atoms with Gasteiger partial charge in [0.1, 0.15) is 6.61 Å². The Kier molecular flexibility index (Phi) is 59.3. The molecular weight excluding hydrogens is 861 g/mol. The standard InChI is InChI=1S/C65H120O5/c1-4-7-10-13-16-19-22-25-28-31-32-33-36-39-42-45-48-51-54-57-60-68-61-63(70-65(67)59-56-53-50-47-44-41-38-35-30-27-24-21-18-15-12-9-6-3)62-69-64(66)58-55-52-49-46-43-40-37-34-29-26-23-20-17-14-11-8-5-2/h8,11,17,20,25-26,28-29,63H,4-7,9-10,12-16,18-19,21-24,27,30-62H2,1-3H3/b11-8-,20-17-,28-25-,29-26-. The summed E-state index contributed by atoms with van der Waals surface area (Å²) in [5, 5.41) is 0. The van der Waals surface area contributed by atoms with Gasteiger partial charge in [0, 0.05) is 19.4 Å². The van der Waals surface area contributed by atoms with Gasteiger partial charge in [0.25, 0.3) is 0 Å². The minimum absolute atomic E-state index is 0.0839. The average molecular weight is 982 g/mol. The number of carbonyl (C=O) groups is 2. The predicted octanol–water partition coefficient (Wildman–Crippen LogP) is 21.5. The Balaban J connectivity index is 4.24. The molecule has 5 heteroatoms. The first-order valence-corrected chi connectivity index (χ1v) is 31.2. The van der Waals surface area contributed by atoms with Crippen LogP contribution in [-0.4, -0.2) is 37.9 Å². The molecule has 0 aliphatic carbocycles. The quantitative estimate of drug-likeness (QED) is 0.0345. The molecule has 1 atom stereocenters. The summed E-state index contributed by atoms with van der Waals surface area (Å²) in [6, 6.07) is 0. The number of hydrogen-bond acceptors (Lipinski definition) is 5. The SMILES string of the molecule is CC/C=C\C/C=C\C/C=C\CCCCCCCCCC(=O)OCC(COCCCCCCCCCCCC/C=C\CCCCCCCC)OC(=O)CCCCCCCCCCCCCCCCCCC. The zero-order valence-electron chi connectivity index (χ0n) is 47.3. The molecule has 0 aliphatic rings. The van der Waals surface area contributed by atoms with E-state index in [1.165, 1.54) is 225 Å². The van der Waals surface area contributed by atoms with E-state index in [1.54, 1.807) is 0 Å². The smallest absolute Gasteiger partial charge is 0.306 e. The number of carbonyl (C=O) groups excluding carboxylic acids is 2. The van der Waals surface area contributed by atoms with E-state index >= 15 is 0 Å². The summed E-state index contributed by atoms with van der Waals surface area (Å²) in [5.41, 5.74) is 0. The lowest BCUT2D eigenvalue weighted by Gasteiger charge is -2.18. The highest BCUT2D eigenvalue weighted by Gasteiger charge is 2.18. The lowest BCUT2D eigenvalue weighted by molar-refractivity contribution is -0.163. The van der Waals surface area contributed by atoms with Crippen LogP contribution < -0.4 is 0 Å². The van der Waals surface area contributed by atoms with Crippen LogP contribution in [0.5, 0.6) is 0 Å². The Hall–Kier alpha value is -2.14. The van der Waals surface area contributed by atoms with Crippen LogP contribution in [0.3, 0.4) is 0 Å². The van der Waals surface area contributed by atoms with Gasteiger partial charge in [-0.2, -0.15) is 0 Å². The molecule has 0 aromatic heterocycles. The molecule has 0 bridgehead atoms. The van der Waals surface area contributed by atoms with Crippen LogP contribution in [0.1, 0.15) is 329 Å². The molecule has 0 aliphatic heterocycles. The van der Waals surface area contributed by atoms with Gasteiger partial charge in [0.15, 0.2) is 6.10 Å².